The van der Waals surface area contributed by atoms with Crippen molar-refractivity contribution in [2.24, 2.45) is 0 Å². The van der Waals surface area contributed by atoms with E-state index in [1.54, 1.807) is 29.6 Å². The van der Waals surface area contributed by atoms with Crippen LogP contribution in [0.3, 0.4) is 0 Å². The lowest BCUT2D eigenvalue weighted by molar-refractivity contribution is -0.137. The second-order valence-electron chi connectivity index (χ2n) is 4.07. The highest BCUT2D eigenvalue weighted by Crippen LogP contribution is 2.49. The van der Waals surface area contributed by atoms with Crippen molar-refractivity contribution >= 4 is 29.5 Å². The molecule has 2 aliphatic rings. The van der Waals surface area contributed by atoms with E-state index in [2.05, 4.69) is 18.7 Å². The van der Waals surface area contributed by atoms with E-state index in [4.69, 9.17) is 4.74 Å². The van der Waals surface area contributed by atoms with E-state index in [0.717, 1.165) is 30.3 Å². The lowest BCUT2D eigenvalue weighted by atomic mass is 10.4. The molecule has 2 aliphatic heterocycles. The molecule has 0 aromatic heterocycles. The fraction of sp³-hybridized carbons (Fsp3) is 0.750. The SMILES string of the molecule is CCSC1(SCC)OC(=O)C=C1N1CCCC1. The Balaban J connectivity index is 2.23. The zero-order valence-corrected chi connectivity index (χ0v) is 12.0. The van der Waals surface area contributed by atoms with Gasteiger partial charge in [0.05, 0.1) is 5.70 Å². The lowest BCUT2D eigenvalue weighted by Crippen LogP contribution is -2.34. The minimum absolute atomic E-state index is 0.186. The van der Waals surface area contributed by atoms with Gasteiger partial charge in [0.1, 0.15) is 0 Å². The van der Waals surface area contributed by atoms with Crippen molar-refractivity contribution in [1.29, 1.82) is 0 Å². The first-order valence-corrected chi connectivity index (χ1v) is 8.17. The Morgan fingerprint density at radius 2 is 1.88 bits per heavy atom. The second-order valence-corrected chi connectivity index (χ2v) is 7.21. The number of thioether (sulfide) groups is 2. The van der Waals surface area contributed by atoms with Crippen LogP contribution >= 0.6 is 23.5 Å². The highest BCUT2D eigenvalue weighted by Gasteiger charge is 2.46. The fourth-order valence-corrected chi connectivity index (χ4v) is 5.04. The molecule has 0 aromatic rings. The van der Waals surface area contributed by atoms with Gasteiger partial charge in [-0.25, -0.2) is 4.79 Å². The van der Waals surface area contributed by atoms with Crippen LogP contribution in [0.5, 0.6) is 0 Å². The number of hydrogen-bond acceptors (Lipinski definition) is 5. The van der Waals surface area contributed by atoms with Crippen molar-refractivity contribution in [3.05, 3.63) is 11.8 Å². The van der Waals surface area contributed by atoms with Crippen molar-refractivity contribution in [1.82, 2.24) is 4.90 Å². The summed E-state index contributed by atoms with van der Waals surface area (Å²) in [6.45, 7) is 6.32. The van der Waals surface area contributed by atoms with Gasteiger partial charge in [0.15, 0.2) is 0 Å². The maximum absolute atomic E-state index is 11.6. The number of cyclic esters (lactones) is 1. The van der Waals surface area contributed by atoms with E-state index >= 15 is 0 Å². The number of likely N-dealkylation sites (tertiary alicyclic amines) is 1. The summed E-state index contributed by atoms with van der Waals surface area (Å²) in [5.41, 5.74) is 1.08. The molecule has 1 saturated heterocycles. The number of nitrogens with zero attached hydrogens (tertiary/aromatic N) is 1. The molecular formula is C12H19NO2S2. The van der Waals surface area contributed by atoms with Crippen LogP contribution in [0.15, 0.2) is 11.8 Å². The van der Waals surface area contributed by atoms with Gasteiger partial charge in [0, 0.05) is 19.2 Å². The Morgan fingerprint density at radius 1 is 1.29 bits per heavy atom. The molecule has 96 valence electrons. The molecule has 1 fully saturated rings. The van der Waals surface area contributed by atoms with Gasteiger partial charge in [-0.3, -0.25) is 0 Å². The van der Waals surface area contributed by atoms with Crippen LogP contribution in [0.25, 0.3) is 0 Å². The smallest absolute Gasteiger partial charge is 0.335 e. The van der Waals surface area contributed by atoms with Gasteiger partial charge in [-0.15, -0.1) is 0 Å². The Kier molecular flexibility index (Phi) is 4.31. The number of rotatable bonds is 5. The van der Waals surface area contributed by atoms with E-state index in [9.17, 15) is 4.79 Å². The van der Waals surface area contributed by atoms with E-state index in [1.807, 2.05) is 0 Å². The molecule has 0 aliphatic carbocycles. The molecule has 0 atom stereocenters. The van der Waals surface area contributed by atoms with Crippen molar-refractivity contribution in [2.75, 3.05) is 24.6 Å². The molecule has 5 heteroatoms. The third kappa shape index (κ3) is 2.60. The van der Waals surface area contributed by atoms with Gasteiger partial charge in [-0.05, 0) is 24.3 Å². The van der Waals surface area contributed by atoms with Gasteiger partial charge in [-0.2, -0.15) is 0 Å². The molecule has 2 heterocycles. The summed E-state index contributed by atoms with van der Waals surface area (Å²) < 4.78 is 5.13. The summed E-state index contributed by atoms with van der Waals surface area (Å²) >= 11 is 3.44. The normalized spacial score (nSPS) is 22.8. The standard InChI is InChI=1S/C12H19NO2S2/c1-3-16-12(17-4-2)10(9-11(14)15-12)13-7-5-6-8-13/h9H,3-8H2,1-2H3. The summed E-state index contributed by atoms with van der Waals surface area (Å²) in [5, 5.41) is 0. The Labute approximate surface area is 111 Å². The molecule has 17 heavy (non-hydrogen) atoms. The maximum Gasteiger partial charge on any atom is 0.335 e. The molecule has 0 amide bonds. The third-order valence-electron chi connectivity index (χ3n) is 2.92. The molecule has 0 saturated carbocycles. The number of carbonyl (C=O) groups excluding carboxylic acids is 1. The van der Waals surface area contributed by atoms with Gasteiger partial charge < -0.3 is 9.64 Å². The molecule has 0 spiro atoms. The molecule has 0 radical (unpaired) electrons. The highest BCUT2D eigenvalue weighted by molar-refractivity contribution is 8.18. The van der Waals surface area contributed by atoms with Gasteiger partial charge >= 0.3 is 5.97 Å². The van der Waals surface area contributed by atoms with E-state index in [1.165, 1.54) is 12.8 Å². The maximum atomic E-state index is 11.6. The first kappa shape index (κ1) is 13.1. The predicted octanol–water partition coefficient (Wildman–Crippen LogP) is 2.68. The van der Waals surface area contributed by atoms with Crippen LogP contribution in [-0.2, 0) is 9.53 Å². The largest absolute Gasteiger partial charge is 0.429 e. The van der Waals surface area contributed by atoms with Crippen molar-refractivity contribution in [3.8, 4) is 0 Å². The van der Waals surface area contributed by atoms with E-state index < -0.39 is 4.27 Å². The number of hydrogen-bond donors (Lipinski definition) is 0. The molecule has 2 rings (SSSR count). The van der Waals surface area contributed by atoms with Gasteiger partial charge in [-0.1, -0.05) is 37.4 Å². The van der Waals surface area contributed by atoms with E-state index in [0.29, 0.717) is 0 Å². The average Bonchev–Trinajstić information content (AvgIpc) is 2.87. The minimum atomic E-state index is -0.481. The highest BCUT2D eigenvalue weighted by atomic mass is 32.2. The third-order valence-corrected chi connectivity index (χ3v) is 5.55. The van der Waals surface area contributed by atoms with Crippen LogP contribution in [-0.4, -0.2) is 39.7 Å². The Morgan fingerprint density at radius 3 is 2.41 bits per heavy atom. The quantitative estimate of drug-likeness (QED) is 0.567. The molecule has 0 N–H and O–H groups in total. The first-order chi connectivity index (χ1) is 8.22. The van der Waals surface area contributed by atoms with Gasteiger partial charge in [0.25, 0.3) is 0 Å². The molecule has 0 aromatic carbocycles. The summed E-state index contributed by atoms with van der Waals surface area (Å²) in [6.07, 6.45) is 4.13. The zero-order valence-electron chi connectivity index (χ0n) is 10.4. The lowest BCUT2D eigenvalue weighted by Gasteiger charge is -2.33. The summed E-state index contributed by atoms with van der Waals surface area (Å²) in [4.78, 5) is 13.9. The van der Waals surface area contributed by atoms with Crippen molar-refractivity contribution in [3.63, 3.8) is 0 Å². The van der Waals surface area contributed by atoms with Crippen LogP contribution in [0.4, 0.5) is 0 Å². The number of ether oxygens (including phenoxy) is 1. The summed E-state index contributed by atoms with van der Waals surface area (Å²) in [6, 6.07) is 0. The second kappa shape index (κ2) is 5.57. The number of carbonyl (C=O) groups is 1. The Bertz CT molecular complexity index is 318. The topological polar surface area (TPSA) is 29.5 Å². The van der Waals surface area contributed by atoms with E-state index in [-0.39, 0.29) is 5.97 Å². The average molecular weight is 273 g/mol. The molecule has 0 unspecified atom stereocenters. The predicted molar refractivity (Wildman–Crippen MR) is 74.0 cm³/mol. The molecule has 3 nitrogen and oxygen atoms in total. The summed E-state index contributed by atoms with van der Waals surface area (Å²) in [7, 11) is 0. The molecule has 0 bridgehead atoms. The number of esters is 1. The van der Waals surface area contributed by atoms with Crippen molar-refractivity contribution in [2.45, 2.75) is 31.0 Å². The Hall–Kier alpha value is -0.290. The summed E-state index contributed by atoms with van der Waals surface area (Å²) in [5.74, 6) is 1.71. The monoisotopic (exact) mass is 273 g/mol. The van der Waals surface area contributed by atoms with Crippen LogP contribution < -0.4 is 0 Å². The van der Waals surface area contributed by atoms with Crippen LogP contribution in [0.1, 0.15) is 26.7 Å². The zero-order chi connectivity index (χ0) is 12.3. The van der Waals surface area contributed by atoms with Gasteiger partial charge in [0.2, 0.25) is 4.27 Å². The first-order valence-electron chi connectivity index (χ1n) is 6.20. The fourth-order valence-electron chi connectivity index (χ4n) is 2.29. The van der Waals surface area contributed by atoms with Crippen LogP contribution in [0, 0.1) is 0 Å². The molecular weight excluding hydrogens is 254 g/mol. The van der Waals surface area contributed by atoms with Crippen LogP contribution in [0.2, 0.25) is 0 Å². The van der Waals surface area contributed by atoms with Crippen molar-refractivity contribution < 1.29 is 9.53 Å². The minimum Gasteiger partial charge on any atom is -0.429 e.